The topological polar surface area (TPSA) is 14.1 Å². The second-order valence-corrected chi connectivity index (χ2v) is 4.69. The summed E-state index contributed by atoms with van der Waals surface area (Å²) >= 11 is 0. The lowest BCUT2D eigenvalue weighted by molar-refractivity contribution is 0.256. The Morgan fingerprint density at radius 2 is 1.67 bits per heavy atom. The Morgan fingerprint density at radius 3 is 2.25 bits per heavy atom. The lowest BCUT2D eigenvalue weighted by atomic mass is 9.83. The van der Waals surface area contributed by atoms with E-state index in [2.05, 4.69) is 12.2 Å². The summed E-state index contributed by atoms with van der Waals surface area (Å²) in [5, 5.41) is 4.42. The van der Waals surface area contributed by atoms with Crippen molar-refractivity contribution in [1.29, 1.82) is 0 Å². The molecule has 1 heteroatoms. The molecule has 0 aromatic heterocycles. The maximum Gasteiger partial charge on any atom is 0.0136 e. The summed E-state index contributed by atoms with van der Waals surface area (Å²) in [7, 11) is 0. The van der Waals surface area contributed by atoms with Gasteiger partial charge in [-0.1, -0.05) is 13.3 Å². The molecular weight excluding hydrogens is 146 g/mol. The molecule has 12 heavy (non-hydrogen) atoms. The van der Waals surface area contributed by atoms with Crippen LogP contribution in [0.15, 0.2) is 0 Å². The van der Waals surface area contributed by atoms with Gasteiger partial charge in [0, 0.05) is 13.1 Å². The van der Waals surface area contributed by atoms with Gasteiger partial charge >= 0.3 is 0 Å². The van der Waals surface area contributed by atoms with Gasteiger partial charge in [0.1, 0.15) is 0 Å². The Balaban J connectivity index is 1.83. The first-order chi connectivity index (χ1) is 5.86. The smallest absolute Gasteiger partial charge is 0.0136 e. The van der Waals surface area contributed by atoms with Crippen LogP contribution in [0.1, 0.15) is 39.0 Å². The van der Waals surface area contributed by atoms with Crippen LogP contribution in [-0.4, -0.2) is 13.1 Å². The molecule has 2 aliphatic rings. The van der Waals surface area contributed by atoms with Crippen molar-refractivity contribution in [3.8, 4) is 0 Å². The summed E-state index contributed by atoms with van der Waals surface area (Å²) in [5.41, 5.74) is 0. The molecule has 1 aliphatic heterocycles. The minimum atomic E-state index is 1.01. The molecule has 0 N–H and O–H groups in total. The third-order valence-electron chi connectivity index (χ3n) is 3.72. The Kier molecular flexibility index (Phi) is 2.69. The molecule has 2 unspecified atom stereocenters. The van der Waals surface area contributed by atoms with E-state index in [1.165, 1.54) is 32.1 Å². The third-order valence-corrected chi connectivity index (χ3v) is 3.72. The van der Waals surface area contributed by atoms with Crippen molar-refractivity contribution in [3.63, 3.8) is 0 Å². The van der Waals surface area contributed by atoms with E-state index < -0.39 is 0 Å². The summed E-state index contributed by atoms with van der Waals surface area (Å²) in [5.74, 6) is 3.11. The molecule has 0 aromatic rings. The third kappa shape index (κ3) is 1.82. The predicted molar refractivity (Wildman–Crippen MR) is 51.1 cm³/mol. The van der Waals surface area contributed by atoms with Crippen molar-refractivity contribution in [3.05, 3.63) is 0 Å². The van der Waals surface area contributed by atoms with E-state index in [1.807, 2.05) is 0 Å². The molecule has 69 valence electrons. The second kappa shape index (κ2) is 3.78. The largest absolute Gasteiger partial charge is 0.242 e. The van der Waals surface area contributed by atoms with Crippen molar-refractivity contribution in [2.24, 2.45) is 17.8 Å². The van der Waals surface area contributed by atoms with Gasteiger partial charge in [-0.15, -0.1) is 0 Å². The Hall–Kier alpha value is -0.0400. The average Bonchev–Trinajstić information content (AvgIpc) is 2.54. The van der Waals surface area contributed by atoms with Crippen LogP contribution in [-0.2, 0) is 0 Å². The Bertz CT molecular complexity index is 135. The molecule has 1 radical (unpaired) electrons. The van der Waals surface area contributed by atoms with Gasteiger partial charge < -0.3 is 0 Å². The van der Waals surface area contributed by atoms with Crippen LogP contribution in [0.2, 0.25) is 0 Å². The maximum atomic E-state index is 4.42. The fraction of sp³-hybridized carbons (Fsp3) is 1.00. The van der Waals surface area contributed by atoms with Gasteiger partial charge in [-0.2, -0.15) is 0 Å². The van der Waals surface area contributed by atoms with Crippen LogP contribution in [0.5, 0.6) is 0 Å². The molecular formula is C11H20N. The number of nitrogens with zero attached hydrogens (tertiary/aromatic N) is 1. The summed E-state index contributed by atoms with van der Waals surface area (Å²) in [6, 6.07) is 0. The van der Waals surface area contributed by atoms with E-state index >= 15 is 0 Å². The van der Waals surface area contributed by atoms with Crippen LogP contribution in [0.25, 0.3) is 0 Å². The Labute approximate surface area is 75.9 Å². The SMILES string of the molecule is CC1CCC(C2CC[N]CC2)C1. The van der Waals surface area contributed by atoms with Gasteiger partial charge in [-0.25, -0.2) is 5.32 Å². The van der Waals surface area contributed by atoms with E-state index in [-0.39, 0.29) is 0 Å². The zero-order valence-electron chi connectivity index (χ0n) is 8.13. The number of hydrogen-bond donors (Lipinski definition) is 0. The number of rotatable bonds is 1. The molecule has 2 rings (SSSR count). The second-order valence-electron chi connectivity index (χ2n) is 4.69. The summed E-state index contributed by atoms with van der Waals surface area (Å²) in [6.45, 7) is 4.71. The fourth-order valence-electron chi connectivity index (χ4n) is 2.92. The standard InChI is InChI=1S/C11H20N/c1-9-2-3-11(8-9)10-4-6-12-7-5-10/h9-11H,2-8H2,1H3. The van der Waals surface area contributed by atoms with Crippen molar-refractivity contribution in [2.75, 3.05) is 13.1 Å². The van der Waals surface area contributed by atoms with Crippen LogP contribution in [0.4, 0.5) is 0 Å². The molecule has 1 aliphatic carbocycles. The molecule has 1 saturated heterocycles. The van der Waals surface area contributed by atoms with Crippen molar-refractivity contribution in [2.45, 2.75) is 39.0 Å². The average molecular weight is 166 g/mol. The fourth-order valence-corrected chi connectivity index (χ4v) is 2.92. The van der Waals surface area contributed by atoms with Gasteiger partial charge in [0.15, 0.2) is 0 Å². The van der Waals surface area contributed by atoms with Gasteiger partial charge in [0.2, 0.25) is 0 Å². The minimum absolute atomic E-state index is 1.01. The van der Waals surface area contributed by atoms with E-state index in [1.54, 1.807) is 0 Å². The van der Waals surface area contributed by atoms with Gasteiger partial charge in [0.25, 0.3) is 0 Å². The molecule has 1 nitrogen and oxygen atoms in total. The molecule has 0 aromatic carbocycles. The van der Waals surface area contributed by atoms with Gasteiger partial charge in [-0.05, 0) is 43.4 Å². The summed E-state index contributed by atoms with van der Waals surface area (Å²) in [4.78, 5) is 0. The van der Waals surface area contributed by atoms with Crippen LogP contribution < -0.4 is 5.32 Å². The molecule has 1 heterocycles. The number of piperidine rings is 1. The van der Waals surface area contributed by atoms with Gasteiger partial charge in [0.05, 0.1) is 0 Å². The van der Waals surface area contributed by atoms with E-state index in [0.717, 1.165) is 30.8 Å². The van der Waals surface area contributed by atoms with E-state index in [4.69, 9.17) is 0 Å². The highest BCUT2D eigenvalue weighted by atomic mass is 14.9. The monoisotopic (exact) mass is 166 g/mol. The highest BCUT2D eigenvalue weighted by molar-refractivity contribution is 4.81. The predicted octanol–water partition coefficient (Wildman–Crippen LogP) is 2.44. The van der Waals surface area contributed by atoms with E-state index in [9.17, 15) is 0 Å². The molecule has 2 atom stereocenters. The molecule has 2 fully saturated rings. The first kappa shape index (κ1) is 8.55. The maximum absolute atomic E-state index is 4.42. The molecule has 1 saturated carbocycles. The molecule has 0 spiro atoms. The van der Waals surface area contributed by atoms with Crippen molar-refractivity contribution >= 4 is 0 Å². The first-order valence-corrected chi connectivity index (χ1v) is 5.49. The molecule has 0 bridgehead atoms. The van der Waals surface area contributed by atoms with Crippen LogP contribution in [0, 0.1) is 17.8 Å². The summed E-state index contributed by atoms with van der Waals surface area (Å²) < 4.78 is 0. The van der Waals surface area contributed by atoms with Gasteiger partial charge in [-0.3, -0.25) is 0 Å². The van der Waals surface area contributed by atoms with Crippen molar-refractivity contribution in [1.82, 2.24) is 5.32 Å². The highest BCUT2D eigenvalue weighted by Gasteiger charge is 2.29. The normalized spacial score (nSPS) is 38.8. The van der Waals surface area contributed by atoms with Crippen molar-refractivity contribution < 1.29 is 0 Å². The van der Waals surface area contributed by atoms with Crippen LogP contribution in [0.3, 0.4) is 0 Å². The minimum Gasteiger partial charge on any atom is -0.242 e. The quantitative estimate of drug-likeness (QED) is 0.568. The Morgan fingerprint density at radius 1 is 0.917 bits per heavy atom. The molecule has 0 amide bonds. The van der Waals surface area contributed by atoms with E-state index in [0.29, 0.717) is 0 Å². The first-order valence-electron chi connectivity index (χ1n) is 5.49. The summed E-state index contributed by atoms with van der Waals surface area (Å²) in [6.07, 6.45) is 7.27. The lowest BCUT2D eigenvalue weighted by Gasteiger charge is -2.27. The number of hydrogen-bond acceptors (Lipinski definition) is 0. The van der Waals surface area contributed by atoms with Crippen LogP contribution >= 0.6 is 0 Å². The lowest BCUT2D eigenvalue weighted by Crippen LogP contribution is -2.26. The zero-order chi connectivity index (χ0) is 8.39. The highest BCUT2D eigenvalue weighted by Crippen LogP contribution is 2.38. The zero-order valence-corrected chi connectivity index (χ0v) is 8.13.